The van der Waals surface area contributed by atoms with Gasteiger partial charge in [0.2, 0.25) is 0 Å². The molecule has 6 heteroatoms. The summed E-state index contributed by atoms with van der Waals surface area (Å²) in [5.74, 6) is 0.295. The molecule has 1 aliphatic rings. The van der Waals surface area contributed by atoms with Gasteiger partial charge in [-0.2, -0.15) is 5.10 Å². The van der Waals surface area contributed by atoms with E-state index >= 15 is 0 Å². The summed E-state index contributed by atoms with van der Waals surface area (Å²) in [6, 6.07) is 9.23. The molecule has 3 rings (SSSR count). The van der Waals surface area contributed by atoms with Crippen LogP contribution in [0.3, 0.4) is 0 Å². The predicted molar refractivity (Wildman–Crippen MR) is 105 cm³/mol. The highest BCUT2D eigenvalue weighted by Crippen LogP contribution is 2.33. The van der Waals surface area contributed by atoms with Crippen LogP contribution < -0.4 is 9.44 Å². The number of benzene rings is 1. The van der Waals surface area contributed by atoms with Crippen LogP contribution in [-0.2, 0) is 0 Å². The number of rotatable bonds is 6. The Morgan fingerprint density at radius 3 is 2.64 bits per heavy atom. The zero-order valence-corrected chi connectivity index (χ0v) is 16.1. The van der Waals surface area contributed by atoms with Gasteiger partial charge in [-0.05, 0) is 43.9 Å². The van der Waals surface area contributed by atoms with Crippen LogP contribution in [0, 0.1) is 5.82 Å². The van der Waals surface area contributed by atoms with E-state index < -0.39 is 0 Å². The maximum absolute atomic E-state index is 13.3. The van der Waals surface area contributed by atoms with Gasteiger partial charge in [-0.25, -0.2) is 9.11 Å². The molecule has 0 spiro atoms. The van der Waals surface area contributed by atoms with Gasteiger partial charge in [0.05, 0.1) is 5.69 Å². The maximum atomic E-state index is 13.3. The first kappa shape index (κ1) is 19.9. The van der Waals surface area contributed by atoms with Crippen LogP contribution in [0.2, 0.25) is 0 Å². The fourth-order valence-corrected chi connectivity index (χ4v) is 3.69. The first-order valence-corrected chi connectivity index (χ1v) is 10.0. The van der Waals surface area contributed by atoms with Crippen molar-refractivity contribution in [3.8, 4) is 11.3 Å². The van der Waals surface area contributed by atoms with Crippen LogP contribution in [0.4, 0.5) is 4.39 Å². The fraction of sp³-hybridized carbons (Fsp3) is 0.526. The number of nitrogens with one attached hydrogen (secondary N) is 3. The molecule has 1 aromatic carbocycles. The lowest BCUT2D eigenvalue weighted by Crippen LogP contribution is -2.30. The third-order valence-electron chi connectivity index (χ3n) is 4.33. The number of nitrogens with zero attached hydrogens (tertiary/aromatic N) is 1. The number of aromatic amines is 1. The van der Waals surface area contributed by atoms with E-state index in [1.54, 1.807) is 18.2 Å². The average Bonchev–Trinajstić information content (AvgIpc) is 3.14. The van der Waals surface area contributed by atoms with E-state index in [1.807, 2.05) is 19.9 Å². The molecule has 4 nitrogen and oxygen atoms in total. The van der Waals surface area contributed by atoms with Crippen molar-refractivity contribution in [2.75, 3.05) is 6.54 Å². The van der Waals surface area contributed by atoms with Crippen LogP contribution in [0.25, 0.3) is 11.3 Å². The van der Waals surface area contributed by atoms with E-state index in [2.05, 4.69) is 32.6 Å². The van der Waals surface area contributed by atoms with E-state index in [9.17, 15) is 4.39 Å². The second-order valence-electron chi connectivity index (χ2n) is 5.99. The minimum Gasteiger partial charge on any atom is -0.282 e. The highest BCUT2D eigenvalue weighted by atomic mass is 32.2. The van der Waals surface area contributed by atoms with Crippen molar-refractivity contribution < 1.29 is 4.39 Å². The highest BCUT2D eigenvalue weighted by molar-refractivity contribution is 7.95. The van der Waals surface area contributed by atoms with Gasteiger partial charge >= 0.3 is 0 Å². The van der Waals surface area contributed by atoms with Crippen molar-refractivity contribution in [3.63, 3.8) is 0 Å². The smallest absolute Gasteiger partial charge is 0.123 e. The zero-order chi connectivity index (χ0) is 18.1. The summed E-state index contributed by atoms with van der Waals surface area (Å²) in [5, 5.41) is 7.51. The molecule has 0 unspecified atom stereocenters. The quantitative estimate of drug-likeness (QED) is 0.497. The van der Waals surface area contributed by atoms with Crippen molar-refractivity contribution in [3.05, 3.63) is 41.8 Å². The third kappa shape index (κ3) is 5.83. The van der Waals surface area contributed by atoms with Crippen LogP contribution in [0.5, 0.6) is 0 Å². The van der Waals surface area contributed by atoms with Crippen molar-refractivity contribution in [1.29, 1.82) is 0 Å². The topological polar surface area (TPSA) is 52.7 Å². The monoisotopic (exact) mass is 364 g/mol. The van der Waals surface area contributed by atoms with Crippen LogP contribution in [0.1, 0.15) is 58.1 Å². The molecule has 0 bridgehead atoms. The first-order chi connectivity index (χ1) is 12.3. The number of aromatic nitrogens is 2. The Labute approximate surface area is 154 Å². The van der Waals surface area contributed by atoms with Gasteiger partial charge in [0.25, 0.3) is 0 Å². The minimum atomic E-state index is -0.225. The molecule has 25 heavy (non-hydrogen) atoms. The van der Waals surface area contributed by atoms with Crippen LogP contribution >= 0.6 is 12.1 Å². The Hall–Kier alpha value is -1.37. The molecule has 2 aromatic rings. The summed E-state index contributed by atoms with van der Waals surface area (Å²) in [7, 11) is 0. The van der Waals surface area contributed by atoms with E-state index in [-0.39, 0.29) is 5.82 Å². The van der Waals surface area contributed by atoms with Crippen molar-refractivity contribution in [2.45, 2.75) is 58.4 Å². The SMILES string of the molecule is CC.CCNSNC1CCC(c2cc(-c3cccc(F)c3)n[nH]2)CC1. The van der Waals surface area contributed by atoms with E-state index in [0.717, 1.165) is 43.5 Å². The van der Waals surface area contributed by atoms with E-state index in [4.69, 9.17) is 0 Å². The second kappa shape index (κ2) is 10.6. The van der Waals surface area contributed by atoms with Crippen LogP contribution in [-0.4, -0.2) is 22.8 Å². The molecule has 3 N–H and O–H groups in total. The minimum absolute atomic E-state index is 0.225. The Balaban J connectivity index is 0.00000109. The third-order valence-corrected chi connectivity index (χ3v) is 5.21. The lowest BCUT2D eigenvalue weighted by atomic mass is 9.84. The summed E-state index contributed by atoms with van der Waals surface area (Å²) < 4.78 is 20.0. The average molecular weight is 365 g/mol. The molecule has 1 saturated carbocycles. The summed E-state index contributed by atoms with van der Waals surface area (Å²) in [5.41, 5.74) is 2.81. The van der Waals surface area contributed by atoms with Crippen molar-refractivity contribution >= 4 is 12.1 Å². The van der Waals surface area contributed by atoms with Gasteiger partial charge in [-0.3, -0.25) is 9.82 Å². The van der Waals surface area contributed by atoms with Gasteiger partial charge in [0, 0.05) is 41.9 Å². The molecule has 138 valence electrons. The Morgan fingerprint density at radius 1 is 1.20 bits per heavy atom. The van der Waals surface area contributed by atoms with Gasteiger partial charge in [0.15, 0.2) is 0 Å². The molecule has 0 aliphatic heterocycles. The summed E-state index contributed by atoms with van der Waals surface area (Å²) in [6.07, 6.45) is 4.62. The molecule has 1 aromatic heterocycles. The standard InChI is InChI=1S/C17H23FN4S.C2H6/c1-2-19-23-22-15-8-6-12(7-9-15)16-11-17(21-20-16)13-4-3-5-14(18)10-13;1-2/h3-5,10-12,15,19,22H,2,6-9H2,1H3,(H,20,21);1-2H3. The summed E-state index contributed by atoms with van der Waals surface area (Å²) >= 11 is 1.60. The Kier molecular flexibility index (Phi) is 8.44. The molecular formula is C19H29FN4S. The van der Waals surface area contributed by atoms with Crippen molar-refractivity contribution in [2.24, 2.45) is 0 Å². The maximum Gasteiger partial charge on any atom is 0.123 e. The molecule has 1 fully saturated rings. The molecule has 0 atom stereocenters. The van der Waals surface area contributed by atoms with Gasteiger partial charge in [-0.1, -0.05) is 32.9 Å². The van der Waals surface area contributed by atoms with Gasteiger partial charge in [0.1, 0.15) is 5.82 Å². The number of halogens is 1. The molecule has 1 aliphatic carbocycles. The first-order valence-electron chi connectivity index (χ1n) is 9.21. The van der Waals surface area contributed by atoms with E-state index in [1.165, 1.54) is 17.8 Å². The largest absolute Gasteiger partial charge is 0.282 e. The van der Waals surface area contributed by atoms with Gasteiger partial charge in [-0.15, -0.1) is 0 Å². The van der Waals surface area contributed by atoms with E-state index in [0.29, 0.717) is 12.0 Å². The van der Waals surface area contributed by atoms with Crippen LogP contribution in [0.15, 0.2) is 30.3 Å². The molecule has 0 radical (unpaired) electrons. The molecule has 0 amide bonds. The molecule has 1 heterocycles. The Morgan fingerprint density at radius 2 is 1.96 bits per heavy atom. The van der Waals surface area contributed by atoms with Crippen molar-refractivity contribution in [1.82, 2.24) is 19.6 Å². The highest BCUT2D eigenvalue weighted by Gasteiger charge is 2.23. The summed E-state index contributed by atoms with van der Waals surface area (Å²) in [6.45, 7) is 7.06. The predicted octanol–water partition coefficient (Wildman–Crippen LogP) is 5.03. The number of hydrogen-bond acceptors (Lipinski definition) is 4. The number of H-pyrrole nitrogens is 1. The normalized spacial score (nSPS) is 20.0. The fourth-order valence-electron chi connectivity index (χ4n) is 3.06. The number of hydrogen-bond donors (Lipinski definition) is 3. The second-order valence-corrected chi connectivity index (χ2v) is 6.71. The molecule has 0 saturated heterocycles. The Bertz CT molecular complexity index is 623. The summed E-state index contributed by atoms with van der Waals surface area (Å²) in [4.78, 5) is 0. The lowest BCUT2D eigenvalue weighted by molar-refractivity contribution is 0.376. The van der Waals surface area contributed by atoms with Gasteiger partial charge < -0.3 is 0 Å². The molecular weight excluding hydrogens is 335 g/mol. The zero-order valence-electron chi connectivity index (χ0n) is 15.3. The lowest BCUT2D eigenvalue weighted by Gasteiger charge is -2.28.